The summed E-state index contributed by atoms with van der Waals surface area (Å²) in [5, 5.41) is 9.32. The number of likely N-dealkylation sites (N-methyl/N-ethyl adjacent to an activating group) is 1. The third-order valence-electron chi connectivity index (χ3n) is 6.91. The molecular weight excluding hydrogens is 426 g/mol. The van der Waals surface area contributed by atoms with E-state index in [4.69, 9.17) is 4.74 Å². The number of nitrogens with zero attached hydrogens (tertiary/aromatic N) is 4. The number of nitrogens with one attached hydrogen (secondary N) is 1. The van der Waals surface area contributed by atoms with Gasteiger partial charge >= 0.3 is 6.09 Å². The van der Waals surface area contributed by atoms with Crippen molar-refractivity contribution in [1.82, 2.24) is 20.2 Å². The molecule has 0 saturated carbocycles. The van der Waals surface area contributed by atoms with E-state index in [0.29, 0.717) is 45.8 Å². The van der Waals surface area contributed by atoms with Crippen LogP contribution in [0.15, 0.2) is 30.3 Å². The van der Waals surface area contributed by atoms with Gasteiger partial charge < -0.3 is 19.4 Å². The number of carbonyl (C=O) groups excluding carboxylic acids is 3. The van der Waals surface area contributed by atoms with E-state index in [1.54, 1.807) is 27.2 Å². The lowest BCUT2D eigenvalue weighted by atomic mass is 9.86. The van der Waals surface area contributed by atoms with Crippen molar-refractivity contribution in [3.8, 4) is 0 Å². The molecule has 3 atom stereocenters. The summed E-state index contributed by atoms with van der Waals surface area (Å²) in [6.45, 7) is 4.24. The van der Waals surface area contributed by atoms with Crippen LogP contribution >= 0.6 is 0 Å². The van der Waals surface area contributed by atoms with Crippen LogP contribution in [0.4, 0.5) is 10.5 Å². The predicted octanol–water partition coefficient (Wildman–Crippen LogP) is 0.762. The molecule has 3 amide bonds. The van der Waals surface area contributed by atoms with Gasteiger partial charge in [0, 0.05) is 51.5 Å². The van der Waals surface area contributed by atoms with Crippen LogP contribution in [0.25, 0.3) is 0 Å². The second kappa shape index (κ2) is 10.4. The van der Waals surface area contributed by atoms with Gasteiger partial charge in [0.1, 0.15) is 12.1 Å². The molecule has 10 heteroatoms. The van der Waals surface area contributed by atoms with Crippen LogP contribution in [0.3, 0.4) is 0 Å². The fourth-order valence-corrected chi connectivity index (χ4v) is 5.14. The van der Waals surface area contributed by atoms with Crippen molar-refractivity contribution in [3.63, 3.8) is 0 Å². The van der Waals surface area contributed by atoms with Crippen molar-refractivity contribution in [2.45, 2.75) is 31.4 Å². The largest absolute Gasteiger partial charge is 0.445 e. The number of benzene rings is 1. The molecule has 3 saturated heterocycles. The highest BCUT2D eigenvalue weighted by molar-refractivity contribution is 5.90. The van der Waals surface area contributed by atoms with Crippen LogP contribution in [-0.2, 0) is 14.3 Å². The van der Waals surface area contributed by atoms with E-state index in [1.807, 2.05) is 18.2 Å². The van der Waals surface area contributed by atoms with Crippen LogP contribution in [0.1, 0.15) is 19.3 Å². The highest BCUT2D eigenvalue weighted by Crippen LogP contribution is 2.28. The zero-order valence-electron chi connectivity index (χ0n) is 19.1. The normalized spacial score (nSPS) is 26.2. The fourth-order valence-electron chi connectivity index (χ4n) is 5.14. The number of carbonyl (C=O) groups is 3. The van der Waals surface area contributed by atoms with Gasteiger partial charge in [0.05, 0.1) is 5.92 Å². The third-order valence-corrected chi connectivity index (χ3v) is 6.91. The first-order chi connectivity index (χ1) is 16.0. The molecular formula is C23H33N5O5. The molecule has 0 bridgehead atoms. The standard InChI is InChI=1S/C23H33N5O5/c1-25-16-18(33-23(31)28-9-5-6-10-28)15-19(21(29)24-32)20(25)22(30)27-13-11-26(12-14-27)17-7-3-2-4-8-17/h2-4,7-8,18-20,32H,5-6,9-16H2,1H3,(H,24,29). The number of piperidine rings is 1. The number of ether oxygens (including phenoxy) is 1. The van der Waals surface area contributed by atoms with Crippen LogP contribution in [0.2, 0.25) is 0 Å². The number of hydroxylamine groups is 1. The summed E-state index contributed by atoms with van der Waals surface area (Å²) in [6, 6.07) is 9.35. The van der Waals surface area contributed by atoms with Gasteiger partial charge in [-0.15, -0.1) is 0 Å². The van der Waals surface area contributed by atoms with E-state index >= 15 is 0 Å². The topological polar surface area (TPSA) is 106 Å². The lowest BCUT2D eigenvalue weighted by molar-refractivity contribution is -0.152. The van der Waals surface area contributed by atoms with E-state index in [1.165, 1.54) is 0 Å². The zero-order chi connectivity index (χ0) is 23.4. The van der Waals surface area contributed by atoms with Gasteiger partial charge in [0.15, 0.2) is 0 Å². The van der Waals surface area contributed by atoms with Gasteiger partial charge in [-0.2, -0.15) is 0 Å². The minimum atomic E-state index is -0.815. The van der Waals surface area contributed by atoms with E-state index in [2.05, 4.69) is 17.0 Å². The molecule has 3 heterocycles. The maximum atomic E-state index is 13.5. The molecule has 3 unspecified atom stereocenters. The van der Waals surface area contributed by atoms with Crippen LogP contribution in [-0.4, -0.2) is 103 Å². The number of amides is 3. The molecule has 0 aromatic heterocycles. The predicted molar refractivity (Wildman–Crippen MR) is 121 cm³/mol. The van der Waals surface area contributed by atoms with Gasteiger partial charge in [-0.25, -0.2) is 10.3 Å². The zero-order valence-corrected chi connectivity index (χ0v) is 19.1. The Hall–Kier alpha value is -2.85. The average Bonchev–Trinajstić information content (AvgIpc) is 3.39. The molecule has 180 valence electrons. The maximum Gasteiger partial charge on any atom is 0.410 e. The quantitative estimate of drug-likeness (QED) is 0.506. The summed E-state index contributed by atoms with van der Waals surface area (Å²) >= 11 is 0. The molecule has 3 aliphatic rings. The summed E-state index contributed by atoms with van der Waals surface area (Å²) in [5.41, 5.74) is 2.83. The van der Waals surface area contributed by atoms with E-state index in [9.17, 15) is 19.6 Å². The number of hydrogen-bond acceptors (Lipinski definition) is 7. The molecule has 10 nitrogen and oxygen atoms in total. The Balaban J connectivity index is 1.40. The first-order valence-electron chi connectivity index (χ1n) is 11.7. The number of anilines is 1. The van der Waals surface area contributed by atoms with Crippen molar-refractivity contribution in [2.24, 2.45) is 5.92 Å². The Morgan fingerprint density at radius 2 is 1.64 bits per heavy atom. The third kappa shape index (κ3) is 5.22. The van der Waals surface area contributed by atoms with E-state index < -0.39 is 24.0 Å². The summed E-state index contributed by atoms with van der Waals surface area (Å²) in [7, 11) is 1.76. The van der Waals surface area contributed by atoms with Crippen molar-refractivity contribution in [2.75, 3.05) is 57.8 Å². The summed E-state index contributed by atoms with van der Waals surface area (Å²) in [5.74, 6) is -1.59. The summed E-state index contributed by atoms with van der Waals surface area (Å²) < 4.78 is 5.66. The molecule has 1 aromatic rings. The Kier molecular flexibility index (Phi) is 7.34. The smallest absolute Gasteiger partial charge is 0.410 e. The Bertz CT molecular complexity index is 839. The number of likely N-dealkylation sites (tertiary alicyclic amines) is 2. The molecule has 0 spiro atoms. The maximum absolute atomic E-state index is 13.5. The fraction of sp³-hybridized carbons (Fsp3) is 0.609. The number of piperazine rings is 1. The molecule has 33 heavy (non-hydrogen) atoms. The van der Waals surface area contributed by atoms with Crippen LogP contribution in [0, 0.1) is 5.92 Å². The van der Waals surface area contributed by atoms with Crippen molar-refractivity contribution in [1.29, 1.82) is 0 Å². The molecule has 3 aliphatic heterocycles. The molecule has 1 aromatic carbocycles. The second-order valence-corrected chi connectivity index (χ2v) is 9.05. The average molecular weight is 460 g/mol. The monoisotopic (exact) mass is 459 g/mol. The molecule has 0 aliphatic carbocycles. The minimum Gasteiger partial charge on any atom is -0.445 e. The van der Waals surface area contributed by atoms with Gasteiger partial charge in [0.25, 0.3) is 0 Å². The van der Waals surface area contributed by atoms with Crippen LogP contribution in [0.5, 0.6) is 0 Å². The van der Waals surface area contributed by atoms with Gasteiger partial charge in [0.2, 0.25) is 11.8 Å². The Morgan fingerprint density at radius 1 is 0.970 bits per heavy atom. The number of para-hydroxylation sites is 1. The number of rotatable bonds is 4. The Labute approximate surface area is 194 Å². The molecule has 2 N–H and O–H groups in total. The SMILES string of the molecule is CN1CC(OC(=O)N2CCCC2)CC(C(=O)NO)C1C(=O)N1CCN(c2ccccc2)CC1. The van der Waals surface area contributed by atoms with E-state index in [0.717, 1.165) is 18.5 Å². The summed E-state index contributed by atoms with van der Waals surface area (Å²) in [4.78, 5) is 45.9. The lowest BCUT2D eigenvalue weighted by Gasteiger charge is -2.44. The van der Waals surface area contributed by atoms with Gasteiger partial charge in [-0.1, -0.05) is 18.2 Å². The van der Waals surface area contributed by atoms with Gasteiger partial charge in [-0.3, -0.25) is 19.7 Å². The van der Waals surface area contributed by atoms with Gasteiger partial charge in [-0.05, 0) is 38.4 Å². The Morgan fingerprint density at radius 3 is 2.27 bits per heavy atom. The van der Waals surface area contributed by atoms with Crippen LogP contribution < -0.4 is 10.4 Å². The molecule has 4 rings (SSSR count). The van der Waals surface area contributed by atoms with Crippen molar-refractivity contribution < 1.29 is 24.3 Å². The highest BCUT2D eigenvalue weighted by Gasteiger charge is 2.45. The number of hydrogen-bond donors (Lipinski definition) is 2. The highest BCUT2D eigenvalue weighted by atomic mass is 16.6. The van der Waals surface area contributed by atoms with Crippen molar-refractivity contribution in [3.05, 3.63) is 30.3 Å². The van der Waals surface area contributed by atoms with E-state index in [-0.39, 0.29) is 18.4 Å². The minimum absolute atomic E-state index is 0.136. The first kappa shape index (κ1) is 23.3. The lowest BCUT2D eigenvalue weighted by Crippen LogP contribution is -2.62. The molecule has 3 fully saturated rings. The molecule has 0 radical (unpaired) electrons. The summed E-state index contributed by atoms with van der Waals surface area (Å²) in [6.07, 6.45) is 1.21. The first-order valence-corrected chi connectivity index (χ1v) is 11.7. The second-order valence-electron chi connectivity index (χ2n) is 9.05. The van der Waals surface area contributed by atoms with Crippen molar-refractivity contribution >= 4 is 23.6 Å².